The van der Waals surface area contributed by atoms with Crippen LogP contribution in [0.3, 0.4) is 0 Å². The third-order valence-corrected chi connectivity index (χ3v) is 6.48. The maximum atomic E-state index is 13.5. The number of ether oxygens (including phenoxy) is 1. The van der Waals surface area contributed by atoms with E-state index in [1.165, 1.54) is 0 Å². The number of H-pyrrole nitrogens is 1. The molecule has 0 unspecified atom stereocenters. The molecule has 5 rings (SSSR count). The molecule has 4 aromatic rings. The van der Waals surface area contributed by atoms with Crippen molar-refractivity contribution in [1.82, 2.24) is 10.2 Å². The number of methoxy groups -OCH3 is 1. The molecule has 0 fully saturated rings. The number of rotatable bonds is 4. The minimum Gasteiger partial charge on any atom is -0.497 e. The molecule has 7 heteroatoms. The van der Waals surface area contributed by atoms with Crippen LogP contribution in [0.25, 0.3) is 11.3 Å². The number of aromatic nitrogens is 2. The molecule has 1 atom stereocenters. The summed E-state index contributed by atoms with van der Waals surface area (Å²) in [6.07, 6.45) is 0. The van der Waals surface area contributed by atoms with Crippen molar-refractivity contribution < 1.29 is 9.53 Å². The minimum absolute atomic E-state index is 0.0995. The zero-order chi connectivity index (χ0) is 21.5. The molecule has 0 aliphatic carbocycles. The molecule has 5 nitrogen and oxygen atoms in total. The fraction of sp³-hybridized carbons (Fsp3) is 0.0833. The average Bonchev–Trinajstić information content (AvgIpc) is 3.34. The van der Waals surface area contributed by atoms with Gasteiger partial charge in [-0.1, -0.05) is 44.0 Å². The van der Waals surface area contributed by atoms with E-state index in [-0.39, 0.29) is 11.9 Å². The summed E-state index contributed by atoms with van der Waals surface area (Å²) in [5.74, 6) is 0.672. The molecule has 0 bridgehead atoms. The highest BCUT2D eigenvalue weighted by Gasteiger charge is 2.43. The van der Waals surface area contributed by atoms with E-state index in [2.05, 4.69) is 42.1 Å². The summed E-state index contributed by atoms with van der Waals surface area (Å²) in [5.41, 5.74) is 4.91. The third kappa shape index (κ3) is 3.47. The van der Waals surface area contributed by atoms with E-state index in [0.29, 0.717) is 5.69 Å². The largest absolute Gasteiger partial charge is 0.497 e. The van der Waals surface area contributed by atoms with Gasteiger partial charge in [0.15, 0.2) is 0 Å². The zero-order valence-corrected chi connectivity index (χ0v) is 19.6. The molecule has 31 heavy (non-hydrogen) atoms. The zero-order valence-electron chi connectivity index (χ0n) is 16.5. The number of benzene rings is 3. The molecular weight excluding hydrogens is 522 g/mol. The Morgan fingerprint density at radius 1 is 0.903 bits per heavy atom. The Balaban J connectivity index is 1.69. The Labute approximate surface area is 196 Å². The fourth-order valence-corrected chi connectivity index (χ4v) is 4.47. The van der Waals surface area contributed by atoms with Gasteiger partial charge >= 0.3 is 0 Å². The lowest BCUT2D eigenvalue weighted by molar-refractivity contribution is 0.0989. The van der Waals surface area contributed by atoms with Gasteiger partial charge in [-0.15, -0.1) is 0 Å². The van der Waals surface area contributed by atoms with Crippen LogP contribution in [0.4, 0.5) is 5.69 Å². The highest BCUT2D eigenvalue weighted by molar-refractivity contribution is 9.10. The molecule has 0 spiro atoms. The lowest BCUT2D eigenvalue weighted by Crippen LogP contribution is -2.29. The minimum atomic E-state index is -0.298. The maximum Gasteiger partial charge on any atom is 0.277 e. The SMILES string of the molecule is COc1ccc(-c2n[nH]c3c2[C@H](c2ccc(Br)cc2)N(c2ccc(Br)cc2)C3=O)cc1. The van der Waals surface area contributed by atoms with Crippen LogP contribution in [-0.4, -0.2) is 23.2 Å². The lowest BCUT2D eigenvalue weighted by atomic mass is 9.96. The Morgan fingerprint density at radius 3 is 2.13 bits per heavy atom. The van der Waals surface area contributed by atoms with Crippen molar-refractivity contribution >= 4 is 43.5 Å². The molecule has 1 N–H and O–H groups in total. The van der Waals surface area contributed by atoms with E-state index in [1.807, 2.05) is 77.7 Å². The van der Waals surface area contributed by atoms with Gasteiger partial charge in [0.25, 0.3) is 5.91 Å². The molecule has 3 aromatic carbocycles. The summed E-state index contributed by atoms with van der Waals surface area (Å²) in [6.45, 7) is 0. The molecule has 1 aromatic heterocycles. The van der Waals surface area contributed by atoms with Gasteiger partial charge in [-0.25, -0.2) is 0 Å². The molecule has 1 amide bonds. The van der Waals surface area contributed by atoms with Gasteiger partial charge in [-0.2, -0.15) is 5.10 Å². The normalized spacial score (nSPS) is 15.3. The number of hydrogen-bond donors (Lipinski definition) is 1. The number of nitrogens with one attached hydrogen (secondary N) is 1. The van der Waals surface area contributed by atoms with E-state index in [0.717, 1.165) is 42.8 Å². The van der Waals surface area contributed by atoms with Crippen LogP contribution >= 0.6 is 31.9 Å². The van der Waals surface area contributed by atoms with Gasteiger partial charge in [0.2, 0.25) is 0 Å². The maximum absolute atomic E-state index is 13.5. The van der Waals surface area contributed by atoms with Crippen LogP contribution in [0.15, 0.2) is 81.7 Å². The second kappa shape index (κ2) is 7.98. The molecule has 2 heterocycles. The lowest BCUT2D eigenvalue weighted by Gasteiger charge is -2.26. The molecule has 1 aliphatic rings. The Hall–Kier alpha value is -2.90. The first-order valence-corrected chi connectivity index (χ1v) is 11.2. The number of carbonyl (C=O) groups excluding carboxylic acids is 1. The standard InChI is InChI=1S/C24H17Br2N3O2/c1-31-19-12-4-14(5-13-19)21-20-22(28-27-21)24(30)29(18-10-8-17(26)9-11-18)23(20)15-2-6-16(25)7-3-15/h2-13,23H,1H3,(H,27,28)/t23-/m0/s1. The number of hydrogen-bond acceptors (Lipinski definition) is 3. The number of carbonyl (C=O) groups is 1. The van der Waals surface area contributed by atoms with Gasteiger partial charge < -0.3 is 4.74 Å². The van der Waals surface area contributed by atoms with Crippen LogP contribution in [0.1, 0.15) is 27.7 Å². The first kappa shape index (κ1) is 20.0. The number of amides is 1. The summed E-state index contributed by atoms with van der Waals surface area (Å²) in [5, 5.41) is 7.51. The first-order valence-electron chi connectivity index (χ1n) is 9.64. The quantitative estimate of drug-likeness (QED) is 0.329. The van der Waals surface area contributed by atoms with Crippen molar-refractivity contribution in [3.63, 3.8) is 0 Å². The van der Waals surface area contributed by atoms with Gasteiger partial charge in [0.05, 0.1) is 18.8 Å². The summed E-state index contributed by atoms with van der Waals surface area (Å²) in [7, 11) is 1.64. The molecule has 0 saturated carbocycles. The number of nitrogens with zero attached hydrogens (tertiary/aromatic N) is 2. The van der Waals surface area contributed by atoms with E-state index in [1.54, 1.807) is 7.11 Å². The average molecular weight is 539 g/mol. The molecule has 0 radical (unpaired) electrons. The molecular formula is C24H17Br2N3O2. The predicted octanol–water partition coefficient (Wildman–Crippen LogP) is 6.36. The number of halogens is 2. The predicted molar refractivity (Wildman–Crippen MR) is 128 cm³/mol. The van der Waals surface area contributed by atoms with Crippen molar-refractivity contribution in [3.05, 3.63) is 98.6 Å². The Morgan fingerprint density at radius 2 is 1.52 bits per heavy atom. The highest BCUT2D eigenvalue weighted by atomic mass is 79.9. The van der Waals surface area contributed by atoms with Gasteiger partial charge in [0, 0.05) is 25.8 Å². The molecule has 1 aliphatic heterocycles. The molecule has 154 valence electrons. The fourth-order valence-electron chi connectivity index (χ4n) is 3.94. The van der Waals surface area contributed by atoms with Gasteiger partial charge in [-0.3, -0.25) is 14.8 Å². The van der Waals surface area contributed by atoms with Crippen LogP contribution in [-0.2, 0) is 0 Å². The molecule has 0 saturated heterocycles. The smallest absolute Gasteiger partial charge is 0.277 e. The van der Waals surface area contributed by atoms with Crippen LogP contribution in [0.2, 0.25) is 0 Å². The topological polar surface area (TPSA) is 58.2 Å². The third-order valence-electron chi connectivity index (χ3n) is 5.42. The Kier molecular flexibility index (Phi) is 5.16. The first-order chi connectivity index (χ1) is 15.1. The second-order valence-corrected chi connectivity index (χ2v) is 9.03. The van der Waals surface area contributed by atoms with Gasteiger partial charge in [-0.05, 0) is 66.2 Å². The summed E-state index contributed by atoms with van der Waals surface area (Å²) in [4.78, 5) is 15.3. The van der Waals surface area contributed by atoms with Crippen molar-refractivity contribution in [3.8, 4) is 17.0 Å². The van der Waals surface area contributed by atoms with Crippen molar-refractivity contribution in [2.75, 3.05) is 12.0 Å². The summed E-state index contributed by atoms with van der Waals surface area (Å²) in [6, 6.07) is 23.2. The summed E-state index contributed by atoms with van der Waals surface area (Å²) >= 11 is 6.98. The van der Waals surface area contributed by atoms with Crippen LogP contribution in [0, 0.1) is 0 Å². The van der Waals surface area contributed by atoms with Crippen LogP contribution < -0.4 is 9.64 Å². The van der Waals surface area contributed by atoms with Crippen LogP contribution in [0.5, 0.6) is 5.75 Å². The Bertz CT molecular complexity index is 1250. The number of anilines is 1. The monoisotopic (exact) mass is 537 g/mol. The van der Waals surface area contributed by atoms with E-state index >= 15 is 0 Å². The second-order valence-electron chi connectivity index (χ2n) is 7.20. The van der Waals surface area contributed by atoms with Crippen molar-refractivity contribution in [1.29, 1.82) is 0 Å². The van der Waals surface area contributed by atoms with Crippen molar-refractivity contribution in [2.45, 2.75) is 6.04 Å². The number of fused-ring (bicyclic) bond motifs is 1. The highest BCUT2D eigenvalue weighted by Crippen LogP contribution is 2.45. The van der Waals surface area contributed by atoms with E-state index in [4.69, 9.17) is 4.74 Å². The summed E-state index contributed by atoms with van der Waals surface area (Å²) < 4.78 is 7.23. The van der Waals surface area contributed by atoms with Crippen molar-refractivity contribution in [2.24, 2.45) is 0 Å². The van der Waals surface area contributed by atoms with E-state index in [9.17, 15) is 4.79 Å². The number of aromatic amines is 1. The van der Waals surface area contributed by atoms with Gasteiger partial charge in [0.1, 0.15) is 11.4 Å². The van der Waals surface area contributed by atoms with E-state index < -0.39 is 0 Å².